The van der Waals surface area contributed by atoms with Crippen molar-refractivity contribution in [3.63, 3.8) is 0 Å². The number of fused-ring (bicyclic) bond motifs is 1. The van der Waals surface area contributed by atoms with E-state index in [1.54, 1.807) is 28.9 Å². The maximum Gasteiger partial charge on any atom is 0.410 e. The summed E-state index contributed by atoms with van der Waals surface area (Å²) in [4.78, 5) is 34.9. The Balaban J connectivity index is 1.17. The number of amides is 2. The number of halogens is 1. The molecule has 0 aliphatic carbocycles. The van der Waals surface area contributed by atoms with Crippen LogP contribution >= 0.6 is 0 Å². The van der Waals surface area contributed by atoms with Crippen LogP contribution in [0.25, 0.3) is 22.5 Å². The molecule has 1 saturated heterocycles. The van der Waals surface area contributed by atoms with Crippen molar-refractivity contribution in [2.24, 2.45) is 7.05 Å². The van der Waals surface area contributed by atoms with Crippen LogP contribution in [0.1, 0.15) is 67.2 Å². The van der Waals surface area contributed by atoms with Crippen LogP contribution < -0.4 is 10.2 Å². The molecule has 2 aromatic heterocycles. The second-order valence-corrected chi connectivity index (χ2v) is 13.1. The van der Waals surface area contributed by atoms with Crippen molar-refractivity contribution in [3.05, 3.63) is 83.1 Å². The summed E-state index contributed by atoms with van der Waals surface area (Å²) in [5.41, 5.74) is 4.92. The number of likely N-dealkylation sites (tertiary alicyclic amines) is 1. The number of rotatable bonds is 7. The number of piperidine rings is 1. The number of carbonyl (C=O) groups is 2. The summed E-state index contributed by atoms with van der Waals surface area (Å²) in [7, 11) is 1.81. The monoisotopic (exact) mass is 625 g/mol. The van der Waals surface area contributed by atoms with Crippen LogP contribution in [0, 0.1) is 12.7 Å². The first-order valence-electron chi connectivity index (χ1n) is 15.7. The minimum Gasteiger partial charge on any atom is -0.444 e. The first-order chi connectivity index (χ1) is 22.0. The zero-order chi connectivity index (χ0) is 32.6. The van der Waals surface area contributed by atoms with Gasteiger partial charge in [0.05, 0.1) is 6.54 Å². The van der Waals surface area contributed by atoms with Crippen LogP contribution in [0.3, 0.4) is 0 Å². The molecular weight excluding hydrogens is 585 g/mol. The molecule has 1 fully saturated rings. The molecule has 240 valence electrons. The lowest BCUT2D eigenvalue weighted by Crippen LogP contribution is -2.50. The molecule has 6 rings (SSSR count). The first-order valence-corrected chi connectivity index (χ1v) is 15.7. The van der Waals surface area contributed by atoms with Crippen LogP contribution in [0.15, 0.2) is 54.9 Å². The highest BCUT2D eigenvalue weighted by Crippen LogP contribution is 2.36. The van der Waals surface area contributed by atoms with Crippen molar-refractivity contribution >= 4 is 17.8 Å². The number of nitrogens with zero attached hydrogens (tertiary/aromatic N) is 6. The molecule has 0 radical (unpaired) electrons. The standard InChI is InChI=1S/C35H40FN7O3/c1-22-14-23(18-37-19-27-8-6-7-13-42(27)34(45)46-35(2,3)4)15-31(39-22)43-20-25-10-9-24(16-29(25)33(43)44)28-12-11-26(36)17-30(28)32-40-38-21-41(32)5/h9-12,14-17,21,27,37H,6-8,13,18-20H2,1-5H3. The molecule has 4 heterocycles. The highest BCUT2D eigenvalue weighted by Gasteiger charge is 2.32. The minimum absolute atomic E-state index is 0.0603. The van der Waals surface area contributed by atoms with Gasteiger partial charge in [0.2, 0.25) is 0 Å². The molecular formula is C35H40FN7O3. The van der Waals surface area contributed by atoms with Crippen LogP contribution in [0.4, 0.5) is 15.0 Å². The van der Waals surface area contributed by atoms with Crippen molar-refractivity contribution in [2.45, 2.75) is 71.7 Å². The van der Waals surface area contributed by atoms with E-state index in [1.807, 2.05) is 62.9 Å². The first kappa shape index (κ1) is 31.3. The lowest BCUT2D eigenvalue weighted by atomic mass is 9.96. The fourth-order valence-corrected chi connectivity index (χ4v) is 6.25. The molecule has 0 saturated carbocycles. The Morgan fingerprint density at radius 3 is 2.65 bits per heavy atom. The van der Waals surface area contributed by atoms with E-state index < -0.39 is 5.60 Å². The van der Waals surface area contributed by atoms with Crippen LogP contribution in [0.5, 0.6) is 0 Å². The van der Waals surface area contributed by atoms with Gasteiger partial charge in [-0.05, 0) is 99.5 Å². The van der Waals surface area contributed by atoms with E-state index in [0.29, 0.717) is 48.9 Å². The molecule has 1 N–H and O–H groups in total. The summed E-state index contributed by atoms with van der Waals surface area (Å²) in [5.74, 6) is 0.620. The third-order valence-electron chi connectivity index (χ3n) is 8.40. The fourth-order valence-electron chi connectivity index (χ4n) is 6.25. The van der Waals surface area contributed by atoms with Gasteiger partial charge in [-0.1, -0.05) is 18.2 Å². The quantitative estimate of drug-likeness (QED) is 0.267. The summed E-state index contributed by atoms with van der Waals surface area (Å²) >= 11 is 0. The highest BCUT2D eigenvalue weighted by molar-refractivity contribution is 6.10. The second kappa shape index (κ2) is 12.6. The Hall–Kier alpha value is -4.64. The Morgan fingerprint density at radius 1 is 1.07 bits per heavy atom. The third kappa shape index (κ3) is 6.64. The van der Waals surface area contributed by atoms with Gasteiger partial charge in [0.25, 0.3) is 5.91 Å². The number of benzene rings is 2. The van der Waals surface area contributed by atoms with Gasteiger partial charge in [-0.2, -0.15) is 0 Å². The summed E-state index contributed by atoms with van der Waals surface area (Å²) in [6, 6.07) is 14.3. The smallest absolute Gasteiger partial charge is 0.410 e. The van der Waals surface area contributed by atoms with E-state index in [-0.39, 0.29) is 23.9 Å². The zero-order valence-electron chi connectivity index (χ0n) is 27.0. The Bertz CT molecular complexity index is 1780. The largest absolute Gasteiger partial charge is 0.444 e. The van der Waals surface area contributed by atoms with Crippen molar-refractivity contribution < 1.29 is 18.7 Å². The van der Waals surface area contributed by atoms with Gasteiger partial charge >= 0.3 is 6.09 Å². The zero-order valence-corrected chi connectivity index (χ0v) is 27.0. The maximum atomic E-state index is 14.3. The molecule has 4 aromatic rings. The van der Waals surface area contributed by atoms with Gasteiger partial charge in [-0.25, -0.2) is 14.2 Å². The van der Waals surface area contributed by atoms with E-state index in [0.717, 1.165) is 47.2 Å². The van der Waals surface area contributed by atoms with Crippen LogP contribution in [0.2, 0.25) is 0 Å². The molecule has 10 nitrogen and oxygen atoms in total. The molecule has 46 heavy (non-hydrogen) atoms. The molecule has 0 bridgehead atoms. The average molecular weight is 626 g/mol. The summed E-state index contributed by atoms with van der Waals surface area (Å²) < 4.78 is 21.7. The molecule has 1 atom stereocenters. The van der Waals surface area contributed by atoms with Gasteiger partial charge < -0.3 is 19.5 Å². The van der Waals surface area contributed by atoms with Gasteiger partial charge in [0.15, 0.2) is 5.82 Å². The number of aryl methyl sites for hydroxylation is 2. The van der Waals surface area contributed by atoms with Gasteiger partial charge in [-0.15, -0.1) is 10.2 Å². The van der Waals surface area contributed by atoms with Crippen molar-refractivity contribution in [3.8, 4) is 22.5 Å². The third-order valence-corrected chi connectivity index (χ3v) is 8.40. The fraction of sp³-hybridized carbons (Fsp3) is 0.400. The SMILES string of the molecule is Cc1cc(CNCC2CCCCN2C(=O)OC(C)(C)C)cc(N2Cc3ccc(-c4ccc(F)cc4-c4nncn4C)cc3C2=O)n1. The summed E-state index contributed by atoms with van der Waals surface area (Å²) in [6.07, 6.45) is 4.28. The van der Waals surface area contributed by atoms with E-state index in [9.17, 15) is 14.0 Å². The van der Waals surface area contributed by atoms with Crippen molar-refractivity contribution in [2.75, 3.05) is 18.0 Å². The summed E-state index contributed by atoms with van der Waals surface area (Å²) in [6.45, 7) is 9.90. The number of aromatic nitrogens is 4. The number of hydrogen-bond acceptors (Lipinski definition) is 7. The Labute approximate surface area is 268 Å². The molecule has 2 aromatic carbocycles. The average Bonchev–Trinajstić information content (AvgIpc) is 3.58. The summed E-state index contributed by atoms with van der Waals surface area (Å²) in [5, 5.41) is 11.7. The molecule has 2 aliphatic rings. The molecule has 1 unspecified atom stereocenters. The van der Waals surface area contributed by atoms with Gasteiger partial charge in [0.1, 0.15) is 23.6 Å². The van der Waals surface area contributed by atoms with Crippen LogP contribution in [-0.4, -0.2) is 61.4 Å². The van der Waals surface area contributed by atoms with E-state index in [1.165, 1.54) is 12.1 Å². The number of nitrogens with one attached hydrogen (secondary N) is 1. The van der Waals surface area contributed by atoms with Gasteiger partial charge in [0, 0.05) is 49.5 Å². The highest BCUT2D eigenvalue weighted by atomic mass is 19.1. The number of pyridine rings is 1. The Kier molecular flexibility index (Phi) is 8.61. The molecule has 2 amide bonds. The second-order valence-electron chi connectivity index (χ2n) is 13.1. The predicted molar refractivity (Wildman–Crippen MR) is 174 cm³/mol. The lowest BCUT2D eigenvalue weighted by Gasteiger charge is -2.37. The van der Waals surface area contributed by atoms with Crippen LogP contribution in [-0.2, 0) is 24.9 Å². The molecule has 11 heteroatoms. The Morgan fingerprint density at radius 2 is 1.89 bits per heavy atom. The molecule has 2 aliphatic heterocycles. The predicted octanol–water partition coefficient (Wildman–Crippen LogP) is 6.03. The lowest BCUT2D eigenvalue weighted by molar-refractivity contribution is 0.00992. The normalized spacial score (nSPS) is 16.6. The maximum absolute atomic E-state index is 14.3. The van der Waals surface area contributed by atoms with Gasteiger partial charge in [-0.3, -0.25) is 9.69 Å². The molecule has 0 spiro atoms. The van der Waals surface area contributed by atoms with E-state index in [2.05, 4.69) is 15.5 Å². The van der Waals surface area contributed by atoms with E-state index >= 15 is 0 Å². The van der Waals surface area contributed by atoms with E-state index in [4.69, 9.17) is 9.72 Å². The van der Waals surface area contributed by atoms with Crippen molar-refractivity contribution in [1.82, 2.24) is 30.0 Å². The van der Waals surface area contributed by atoms with Crippen molar-refractivity contribution in [1.29, 1.82) is 0 Å². The number of ether oxygens (including phenoxy) is 1. The number of anilines is 1. The number of carbonyl (C=O) groups excluding carboxylic acids is 2. The topological polar surface area (TPSA) is 105 Å². The minimum atomic E-state index is -0.535. The number of hydrogen-bond donors (Lipinski definition) is 1.